The van der Waals surface area contributed by atoms with Crippen molar-refractivity contribution in [1.29, 1.82) is 0 Å². The van der Waals surface area contributed by atoms with Gasteiger partial charge in [0.1, 0.15) is 5.75 Å². The van der Waals surface area contributed by atoms with E-state index in [4.69, 9.17) is 4.84 Å². The van der Waals surface area contributed by atoms with Crippen LogP contribution in [-0.2, 0) is 6.18 Å². The van der Waals surface area contributed by atoms with E-state index in [1.165, 1.54) is 18.2 Å². The summed E-state index contributed by atoms with van der Waals surface area (Å²) in [5.74, 6) is 0.0898. The number of allylic oxidation sites excluding steroid dienone is 1. The van der Waals surface area contributed by atoms with Crippen LogP contribution >= 0.6 is 0 Å². The minimum absolute atomic E-state index is 0.0568. The summed E-state index contributed by atoms with van der Waals surface area (Å²) in [6, 6.07) is 8.98. The van der Waals surface area contributed by atoms with Gasteiger partial charge in [-0.1, -0.05) is 6.07 Å². The minimum atomic E-state index is -4.50. The Morgan fingerprint density at radius 2 is 2.00 bits per heavy atom. The van der Waals surface area contributed by atoms with Crippen LogP contribution in [0.2, 0.25) is 0 Å². The van der Waals surface area contributed by atoms with Crippen molar-refractivity contribution in [2.24, 2.45) is 0 Å². The summed E-state index contributed by atoms with van der Waals surface area (Å²) in [6.07, 6.45) is -4.12. The number of hydrogen-bond donors (Lipinski definition) is 3. The maximum Gasteiger partial charge on any atom is 0.416 e. The summed E-state index contributed by atoms with van der Waals surface area (Å²) in [5.41, 5.74) is 4.14. The Morgan fingerprint density at radius 3 is 2.74 bits per heavy atom. The quantitative estimate of drug-likeness (QED) is 0.756. The Hall–Kier alpha value is -3.16. The predicted octanol–water partition coefficient (Wildman–Crippen LogP) is 3.86. The van der Waals surface area contributed by atoms with E-state index in [-0.39, 0.29) is 17.9 Å². The van der Waals surface area contributed by atoms with Crippen molar-refractivity contribution < 1.29 is 27.9 Å². The van der Waals surface area contributed by atoms with Crippen molar-refractivity contribution >= 4 is 11.5 Å². The third-order valence-corrected chi connectivity index (χ3v) is 4.22. The number of rotatable bonds is 4. The van der Waals surface area contributed by atoms with Gasteiger partial charge < -0.3 is 15.3 Å². The number of fused-ring (bicyclic) bond motifs is 1. The molecule has 142 valence electrons. The van der Waals surface area contributed by atoms with Gasteiger partial charge in [-0.2, -0.15) is 13.2 Å². The fraction of sp³-hybridized carbons (Fsp3) is 0.211. The number of amides is 1. The lowest BCUT2D eigenvalue weighted by atomic mass is 10.0. The molecular weight excluding hydrogens is 361 g/mol. The van der Waals surface area contributed by atoms with E-state index in [0.717, 1.165) is 23.3 Å². The number of phenols is 1. The molecule has 0 fully saturated rings. The first-order valence-corrected chi connectivity index (χ1v) is 8.17. The summed E-state index contributed by atoms with van der Waals surface area (Å²) in [7, 11) is 0. The van der Waals surface area contributed by atoms with Crippen molar-refractivity contribution in [2.75, 3.05) is 6.54 Å². The number of phenolic OH excluding ortho intramolecular Hbond substituents is 1. The SMILES string of the molecule is CC1=C(CCNC(=O)c2cccc(C(F)(F)F)c2)NOc2ccc(O)cc21. The van der Waals surface area contributed by atoms with Gasteiger partial charge in [0.2, 0.25) is 0 Å². The molecule has 0 atom stereocenters. The van der Waals surface area contributed by atoms with Crippen molar-refractivity contribution in [3.63, 3.8) is 0 Å². The summed E-state index contributed by atoms with van der Waals surface area (Å²) in [6.45, 7) is 2.05. The Kier molecular flexibility index (Phi) is 4.98. The average molecular weight is 378 g/mol. The summed E-state index contributed by atoms with van der Waals surface area (Å²) in [5, 5.41) is 12.2. The molecule has 0 saturated carbocycles. The van der Waals surface area contributed by atoms with E-state index in [2.05, 4.69) is 10.8 Å². The van der Waals surface area contributed by atoms with Crippen molar-refractivity contribution in [3.05, 3.63) is 64.9 Å². The summed E-state index contributed by atoms with van der Waals surface area (Å²) in [4.78, 5) is 17.5. The second-order valence-electron chi connectivity index (χ2n) is 6.07. The molecule has 0 bridgehead atoms. The molecule has 0 spiro atoms. The number of carbonyl (C=O) groups is 1. The molecule has 3 N–H and O–H groups in total. The number of hydrogen-bond acceptors (Lipinski definition) is 4. The molecule has 3 rings (SSSR count). The van der Waals surface area contributed by atoms with Crippen LogP contribution in [0.4, 0.5) is 13.2 Å². The Labute approximate surface area is 153 Å². The highest BCUT2D eigenvalue weighted by atomic mass is 19.4. The maximum absolute atomic E-state index is 12.7. The fourth-order valence-electron chi connectivity index (χ4n) is 2.73. The van der Waals surface area contributed by atoms with Crippen LogP contribution in [0.15, 0.2) is 48.2 Å². The lowest BCUT2D eigenvalue weighted by Crippen LogP contribution is -2.29. The molecule has 2 aromatic carbocycles. The molecule has 8 heteroatoms. The molecular formula is C19H17F3N2O3. The first-order chi connectivity index (χ1) is 12.8. The van der Waals surface area contributed by atoms with E-state index in [0.29, 0.717) is 17.9 Å². The number of alkyl halides is 3. The van der Waals surface area contributed by atoms with Crippen LogP contribution in [0.25, 0.3) is 5.57 Å². The summed E-state index contributed by atoms with van der Waals surface area (Å²) >= 11 is 0. The molecule has 0 saturated heterocycles. The summed E-state index contributed by atoms with van der Waals surface area (Å²) < 4.78 is 38.2. The van der Waals surface area contributed by atoms with Gasteiger partial charge in [0.05, 0.1) is 11.3 Å². The fourth-order valence-corrected chi connectivity index (χ4v) is 2.73. The van der Waals surface area contributed by atoms with Gasteiger partial charge in [-0.25, -0.2) is 5.48 Å². The number of benzene rings is 2. The highest BCUT2D eigenvalue weighted by molar-refractivity contribution is 5.94. The zero-order valence-corrected chi connectivity index (χ0v) is 14.4. The van der Waals surface area contributed by atoms with Crippen molar-refractivity contribution in [1.82, 2.24) is 10.8 Å². The maximum atomic E-state index is 12.7. The van der Waals surface area contributed by atoms with Crippen molar-refractivity contribution in [3.8, 4) is 11.5 Å². The largest absolute Gasteiger partial charge is 0.508 e. The minimum Gasteiger partial charge on any atom is -0.508 e. The van der Waals surface area contributed by atoms with Gasteiger partial charge in [-0.05, 0) is 48.9 Å². The molecule has 0 unspecified atom stereocenters. The number of carbonyl (C=O) groups excluding carboxylic acids is 1. The highest BCUT2D eigenvalue weighted by Gasteiger charge is 2.30. The Balaban J connectivity index is 1.65. The number of hydroxylamine groups is 1. The van der Waals surface area contributed by atoms with Gasteiger partial charge in [0.15, 0.2) is 5.75 Å². The molecule has 27 heavy (non-hydrogen) atoms. The van der Waals surface area contributed by atoms with Crippen LogP contribution in [0, 0.1) is 0 Å². The molecule has 0 aliphatic carbocycles. The van der Waals surface area contributed by atoms with Crippen molar-refractivity contribution in [2.45, 2.75) is 19.5 Å². The second kappa shape index (κ2) is 7.22. The molecule has 5 nitrogen and oxygen atoms in total. The topological polar surface area (TPSA) is 70.6 Å². The average Bonchev–Trinajstić information content (AvgIpc) is 2.63. The lowest BCUT2D eigenvalue weighted by molar-refractivity contribution is -0.137. The van der Waals surface area contributed by atoms with Crippen LogP contribution in [-0.4, -0.2) is 17.6 Å². The van der Waals surface area contributed by atoms with Gasteiger partial charge in [-0.3, -0.25) is 4.79 Å². The molecule has 1 amide bonds. The number of halogens is 3. The van der Waals surface area contributed by atoms with E-state index >= 15 is 0 Å². The molecule has 2 aromatic rings. The number of aromatic hydroxyl groups is 1. The van der Waals surface area contributed by atoms with Gasteiger partial charge in [0.25, 0.3) is 5.91 Å². The molecule has 0 radical (unpaired) electrons. The van der Waals surface area contributed by atoms with E-state index in [1.807, 2.05) is 6.92 Å². The Bertz CT molecular complexity index is 907. The zero-order chi connectivity index (χ0) is 19.6. The van der Waals surface area contributed by atoms with Crippen LogP contribution < -0.4 is 15.6 Å². The number of nitrogens with one attached hydrogen (secondary N) is 2. The van der Waals surface area contributed by atoms with Gasteiger partial charge >= 0.3 is 6.18 Å². The predicted molar refractivity (Wildman–Crippen MR) is 92.9 cm³/mol. The standard InChI is InChI=1S/C19H17F3N2O3/c1-11-15-10-14(25)5-6-17(15)27-24-16(11)7-8-23-18(26)12-3-2-4-13(9-12)19(20,21)22/h2-6,9-10,24-25H,7-8H2,1H3,(H,23,26). The van der Waals surface area contributed by atoms with Gasteiger partial charge in [-0.15, -0.1) is 0 Å². The third-order valence-electron chi connectivity index (χ3n) is 4.22. The smallest absolute Gasteiger partial charge is 0.416 e. The molecule has 0 aromatic heterocycles. The van der Waals surface area contributed by atoms with E-state index in [9.17, 15) is 23.1 Å². The highest BCUT2D eigenvalue weighted by Crippen LogP contribution is 2.34. The monoisotopic (exact) mass is 378 g/mol. The third kappa shape index (κ3) is 4.16. The zero-order valence-electron chi connectivity index (χ0n) is 14.4. The van der Waals surface area contributed by atoms with Crippen LogP contribution in [0.3, 0.4) is 0 Å². The lowest BCUT2D eigenvalue weighted by Gasteiger charge is -2.23. The first-order valence-electron chi connectivity index (χ1n) is 8.17. The normalized spacial score (nSPS) is 13.5. The van der Waals surface area contributed by atoms with E-state index < -0.39 is 17.6 Å². The molecule has 1 heterocycles. The first kappa shape index (κ1) is 18.6. The van der Waals surface area contributed by atoms with Crippen LogP contribution in [0.1, 0.15) is 34.8 Å². The van der Waals surface area contributed by atoms with Gasteiger partial charge in [0, 0.05) is 24.1 Å². The van der Waals surface area contributed by atoms with E-state index in [1.54, 1.807) is 12.1 Å². The van der Waals surface area contributed by atoms with Crippen LogP contribution in [0.5, 0.6) is 11.5 Å². The molecule has 1 aliphatic heterocycles. The second-order valence-corrected chi connectivity index (χ2v) is 6.07. The molecule has 1 aliphatic rings. The Morgan fingerprint density at radius 1 is 1.22 bits per heavy atom.